The first kappa shape index (κ1) is 17.5. The second-order valence-electron chi connectivity index (χ2n) is 6.21. The maximum absolute atomic E-state index is 15.9. The third-order valence-corrected chi connectivity index (χ3v) is 4.47. The molecule has 2 aromatic rings. The highest BCUT2D eigenvalue weighted by atomic mass is 19.2. The second-order valence-corrected chi connectivity index (χ2v) is 6.21. The van der Waals surface area contributed by atoms with E-state index in [4.69, 9.17) is 0 Å². The fraction of sp³-hybridized carbons (Fsp3) is 0.238. The molecule has 0 radical (unpaired) electrons. The molecule has 0 N–H and O–H groups in total. The molecule has 0 saturated heterocycles. The summed E-state index contributed by atoms with van der Waals surface area (Å²) in [5.74, 6) is -4.21. The van der Waals surface area contributed by atoms with E-state index >= 15 is 4.39 Å². The van der Waals surface area contributed by atoms with Crippen LogP contribution in [0.5, 0.6) is 0 Å². The summed E-state index contributed by atoms with van der Waals surface area (Å²) in [6.45, 7) is 2.06. The molecule has 0 aliphatic heterocycles. The maximum atomic E-state index is 15.9. The van der Waals surface area contributed by atoms with Crippen molar-refractivity contribution in [3.63, 3.8) is 0 Å². The molecule has 1 unspecified atom stereocenters. The summed E-state index contributed by atoms with van der Waals surface area (Å²) in [4.78, 5) is 0. The van der Waals surface area contributed by atoms with E-state index < -0.39 is 23.1 Å². The number of aryl methyl sites for hydroxylation is 1. The van der Waals surface area contributed by atoms with Gasteiger partial charge in [0, 0.05) is 12.0 Å². The fourth-order valence-electron chi connectivity index (χ4n) is 3.17. The maximum Gasteiger partial charge on any atom is 0.194 e. The van der Waals surface area contributed by atoms with Crippen LogP contribution in [0, 0.1) is 17.5 Å². The summed E-state index contributed by atoms with van der Waals surface area (Å²) < 4.78 is 56.3. The minimum Gasteiger partial charge on any atom is -0.233 e. The van der Waals surface area contributed by atoms with Crippen LogP contribution in [-0.4, -0.2) is 0 Å². The molecule has 25 heavy (non-hydrogen) atoms. The van der Waals surface area contributed by atoms with E-state index in [0.29, 0.717) is 5.56 Å². The Kier molecular flexibility index (Phi) is 4.80. The Bertz CT molecular complexity index is 810. The molecule has 1 aliphatic carbocycles. The van der Waals surface area contributed by atoms with Gasteiger partial charge in [-0.2, -0.15) is 0 Å². The van der Waals surface area contributed by atoms with Gasteiger partial charge in [-0.3, -0.25) is 0 Å². The van der Waals surface area contributed by atoms with Crippen molar-refractivity contribution in [2.45, 2.75) is 31.9 Å². The Morgan fingerprint density at radius 2 is 1.64 bits per heavy atom. The lowest BCUT2D eigenvalue weighted by Gasteiger charge is -2.30. The largest absolute Gasteiger partial charge is 0.233 e. The van der Waals surface area contributed by atoms with E-state index in [2.05, 4.69) is 6.92 Å². The predicted molar refractivity (Wildman–Crippen MR) is 91.3 cm³/mol. The third-order valence-electron chi connectivity index (χ3n) is 4.47. The summed E-state index contributed by atoms with van der Waals surface area (Å²) in [6, 6.07) is 8.80. The lowest BCUT2D eigenvalue weighted by Crippen LogP contribution is -2.23. The highest BCUT2D eigenvalue weighted by molar-refractivity contribution is 5.76. The molecule has 0 amide bonds. The lowest BCUT2D eigenvalue weighted by atomic mass is 9.78. The minimum atomic E-state index is -1.92. The van der Waals surface area contributed by atoms with Gasteiger partial charge in [-0.05, 0) is 35.2 Å². The van der Waals surface area contributed by atoms with Crippen LogP contribution in [0.3, 0.4) is 0 Å². The molecule has 1 aliphatic rings. The number of alkyl halides is 1. The van der Waals surface area contributed by atoms with Crippen LogP contribution >= 0.6 is 0 Å². The molecule has 0 heterocycles. The monoisotopic (exact) mass is 346 g/mol. The fourth-order valence-corrected chi connectivity index (χ4v) is 3.17. The van der Waals surface area contributed by atoms with Gasteiger partial charge in [-0.1, -0.05) is 55.8 Å². The zero-order valence-electron chi connectivity index (χ0n) is 13.8. The van der Waals surface area contributed by atoms with Gasteiger partial charge in [-0.15, -0.1) is 0 Å². The van der Waals surface area contributed by atoms with Gasteiger partial charge in [0.1, 0.15) is 0 Å². The van der Waals surface area contributed by atoms with Gasteiger partial charge in [0.25, 0.3) is 0 Å². The van der Waals surface area contributed by atoms with Crippen LogP contribution in [0.4, 0.5) is 17.6 Å². The van der Waals surface area contributed by atoms with E-state index in [1.807, 2.05) is 12.1 Å². The molecule has 0 fully saturated rings. The van der Waals surface area contributed by atoms with Crippen molar-refractivity contribution in [2.24, 2.45) is 0 Å². The van der Waals surface area contributed by atoms with Crippen molar-refractivity contribution in [2.75, 3.05) is 0 Å². The molecule has 0 spiro atoms. The molecule has 2 aromatic carbocycles. The summed E-state index contributed by atoms with van der Waals surface area (Å²) in [5.41, 5.74) is -0.286. The molecule has 0 nitrogen and oxygen atoms in total. The van der Waals surface area contributed by atoms with Crippen molar-refractivity contribution in [1.82, 2.24) is 0 Å². The normalized spacial score (nSPS) is 19.8. The van der Waals surface area contributed by atoms with E-state index in [1.165, 1.54) is 6.08 Å². The molecule has 0 aromatic heterocycles. The molecule has 1 atom stereocenters. The van der Waals surface area contributed by atoms with E-state index in [0.717, 1.165) is 30.5 Å². The first-order valence-corrected chi connectivity index (χ1v) is 8.26. The number of allylic oxidation sites excluding steroid dienone is 4. The zero-order chi connectivity index (χ0) is 18.0. The molecule has 0 saturated carbocycles. The topological polar surface area (TPSA) is 0 Å². The van der Waals surface area contributed by atoms with Gasteiger partial charge in [0.15, 0.2) is 23.1 Å². The van der Waals surface area contributed by atoms with Gasteiger partial charge in [0.2, 0.25) is 0 Å². The lowest BCUT2D eigenvalue weighted by molar-refractivity contribution is 0.249. The predicted octanol–water partition coefficient (Wildman–Crippen LogP) is 6.26. The van der Waals surface area contributed by atoms with Gasteiger partial charge >= 0.3 is 0 Å². The molecule has 130 valence electrons. The van der Waals surface area contributed by atoms with Crippen LogP contribution in [0.25, 0.3) is 5.57 Å². The highest BCUT2D eigenvalue weighted by Gasteiger charge is 2.37. The number of benzene rings is 2. The van der Waals surface area contributed by atoms with Gasteiger partial charge < -0.3 is 0 Å². The minimum absolute atomic E-state index is 0.000819. The molecule has 4 heteroatoms. The summed E-state index contributed by atoms with van der Waals surface area (Å²) in [7, 11) is 0. The van der Waals surface area contributed by atoms with Crippen molar-refractivity contribution >= 4 is 5.57 Å². The quantitative estimate of drug-likeness (QED) is 0.452. The number of rotatable bonds is 4. The second kappa shape index (κ2) is 6.87. The van der Waals surface area contributed by atoms with E-state index in [9.17, 15) is 13.2 Å². The first-order valence-electron chi connectivity index (χ1n) is 8.26. The molecular formula is C21H18F4. The average molecular weight is 346 g/mol. The van der Waals surface area contributed by atoms with Gasteiger partial charge in [-0.25, -0.2) is 17.6 Å². The first-order chi connectivity index (χ1) is 12.0. The molecule has 0 bridgehead atoms. The summed E-state index contributed by atoms with van der Waals surface area (Å²) in [5, 5.41) is 0. The Labute approximate surface area is 144 Å². The summed E-state index contributed by atoms with van der Waals surface area (Å²) in [6.07, 6.45) is 6.72. The standard InChI is InChI=1S/C21H18F4/c1-2-5-14-7-9-16(10-8-14)21(25)11-4-3-6-17(21)15-12-18(22)20(24)19(23)13-15/h3-4,6-10,12-13H,2,5,11H2,1H3. The van der Waals surface area contributed by atoms with Crippen molar-refractivity contribution < 1.29 is 17.6 Å². The molecular weight excluding hydrogens is 328 g/mol. The average Bonchev–Trinajstić information content (AvgIpc) is 2.60. The van der Waals surface area contributed by atoms with Crippen molar-refractivity contribution in [3.8, 4) is 0 Å². The van der Waals surface area contributed by atoms with E-state index in [-0.39, 0.29) is 17.6 Å². The zero-order valence-corrected chi connectivity index (χ0v) is 13.8. The number of hydrogen-bond acceptors (Lipinski definition) is 0. The Hall–Kier alpha value is -2.36. The van der Waals surface area contributed by atoms with E-state index in [1.54, 1.807) is 24.3 Å². The number of hydrogen-bond donors (Lipinski definition) is 0. The smallest absolute Gasteiger partial charge is 0.194 e. The third kappa shape index (κ3) is 3.26. The Balaban J connectivity index is 2.05. The SMILES string of the molecule is CCCc1ccc(C2(F)CC=CC=C2c2cc(F)c(F)c(F)c2)cc1. The van der Waals surface area contributed by atoms with Crippen LogP contribution in [0.1, 0.15) is 36.5 Å². The van der Waals surface area contributed by atoms with Crippen molar-refractivity contribution in [1.29, 1.82) is 0 Å². The van der Waals surface area contributed by atoms with Crippen molar-refractivity contribution in [3.05, 3.63) is 88.8 Å². The number of halogens is 4. The summed E-state index contributed by atoms with van der Waals surface area (Å²) >= 11 is 0. The van der Waals surface area contributed by atoms with Crippen LogP contribution < -0.4 is 0 Å². The van der Waals surface area contributed by atoms with Gasteiger partial charge in [0.05, 0.1) is 0 Å². The Morgan fingerprint density at radius 1 is 1.00 bits per heavy atom. The molecule has 3 rings (SSSR count). The van der Waals surface area contributed by atoms with Crippen LogP contribution in [0.15, 0.2) is 54.6 Å². The highest BCUT2D eigenvalue weighted by Crippen LogP contribution is 2.45. The van der Waals surface area contributed by atoms with Crippen LogP contribution in [-0.2, 0) is 12.1 Å². The Morgan fingerprint density at radius 3 is 2.24 bits per heavy atom. The van der Waals surface area contributed by atoms with Crippen LogP contribution in [0.2, 0.25) is 0 Å².